The van der Waals surface area contributed by atoms with Gasteiger partial charge in [0, 0.05) is 24.7 Å². The van der Waals surface area contributed by atoms with Crippen LogP contribution < -0.4 is 14.8 Å². The number of fused-ring (bicyclic) bond motifs is 1. The van der Waals surface area contributed by atoms with Crippen LogP contribution in [0, 0.1) is 0 Å². The van der Waals surface area contributed by atoms with E-state index in [1.165, 1.54) is 11.8 Å². The summed E-state index contributed by atoms with van der Waals surface area (Å²) >= 11 is 0. The highest BCUT2D eigenvalue weighted by molar-refractivity contribution is 5.95. The Morgan fingerprint density at radius 3 is 2.88 bits per heavy atom. The van der Waals surface area contributed by atoms with Crippen LogP contribution in [0.3, 0.4) is 0 Å². The second-order valence-corrected chi connectivity index (χ2v) is 6.32. The Hall–Kier alpha value is -2.77. The number of ether oxygens (including phenoxy) is 3. The Morgan fingerprint density at radius 2 is 2.04 bits per heavy atom. The van der Waals surface area contributed by atoms with E-state index < -0.39 is 18.0 Å². The Morgan fingerprint density at radius 1 is 1.23 bits per heavy atom. The third-order valence-corrected chi connectivity index (χ3v) is 4.31. The molecule has 8 nitrogen and oxygen atoms in total. The van der Waals surface area contributed by atoms with E-state index in [9.17, 15) is 14.4 Å². The fraction of sp³-hybridized carbons (Fsp3) is 0.500. The summed E-state index contributed by atoms with van der Waals surface area (Å²) in [5.41, 5.74) is 0.518. The zero-order valence-corrected chi connectivity index (χ0v) is 14.7. The lowest BCUT2D eigenvalue weighted by molar-refractivity contribution is -0.156. The molecule has 1 aromatic rings. The van der Waals surface area contributed by atoms with Crippen molar-refractivity contribution in [3.63, 3.8) is 0 Å². The number of carbonyl (C=O) groups is 3. The number of esters is 1. The predicted molar refractivity (Wildman–Crippen MR) is 91.8 cm³/mol. The van der Waals surface area contributed by atoms with Gasteiger partial charge in [-0.3, -0.25) is 14.4 Å². The lowest BCUT2D eigenvalue weighted by Crippen LogP contribution is -2.38. The van der Waals surface area contributed by atoms with Crippen molar-refractivity contribution in [1.82, 2.24) is 4.90 Å². The van der Waals surface area contributed by atoms with Crippen LogP contribution in [0.5, 0.6) is 11.5 Å². The average Bonchev–Trinajstić information content (AvgIpc) is 2.98. The fourth-order valence-corrected chi connectivity index (χ4v) is 2.87. The number of rotatable bonds is 5. The highest BCUT2D eigenvalue weighted by Crippen LogP contribution is 2.34. The number of nitrogens with one attached hydrogen (secondary N) is 1. The third-order valence-electron chi connectivity index (χ3n) is 4.31. The number of hydrogen-bond donors (Lipinski definition) is 1. The van der Waals surface area contributed by atoms with Crippen LogP contribution in [0.1, 0.15) is 32.6 Å². The molecule has 0 unspecified atom stereocenters. The first-order valence-electron chi connectivity index (χ1n) is 8.71. The number of carbonyl (C=O) groups excluding carboxylic acids is 3. The Balaban J connectivity index is 1.50. The number of hydrogen-bond acceptors (Lipinski definition) is 6. The smallest absolute Gasteiger partial charge is 0.326 e. The molecule has 1 N–H and O–H groups in total. The number of amides is 2. The first-order chi connectivity index (χ1) is 12.5. The zero-order chi connectivity index (χ0) is 18.5. The molecule has 0 bridgehead atoms. The fourth-order valence-electron chi connectivity index (χ4n) is 2.87. The maximum Gasteiger partial charge on any atom is 0.326 e. The quantitative estimate of drug-likeness (QED) is 0.801. The van der Waals surface area contributed by atoms with Gasteiger partial charge in [-0.05, 0) is 31.9 Å². The summed E-state index contributed by atoms with van der Waals surface area (Å²) in [6.07, 6.45) is 2.17. The number of likely N-dealkylation sites (tertiary alicyclic amines) is 1. The molecule has 8 heteroatoms. The molecule has 1 atom stereocenters. The van der Waals surface area contributed by atoms with E-state index in [1.807, 2.05) is 0 Å². The molecule has 2 amide bonds. The summed E-state index contributed by atoms with van der Waals surface area (Å²) in [5.74, 6) is 0.0709. The first-order valence-corrected chi connectivity index (χ1v) is 8.71. The van der Waals surface area contributed by atoms with Crippen LogP contribution in [0.25, 0.3) is 0 Å². The lowest BCUT2D eigenvalue weighted by Gasteiger charge is -2.20. The Bertz CT molecular complexity index is 705. The van der Waals surface area contributed by atoms with Gasteiger partial charge in [-0.25, -0.2) is 0 Å². The van der Waals surface area contributed by atoms with Gasteiger partial charge in [0.15, 0.2) is 17.6 Å². The average molecular weight is 362 g/mol. The van der Waals surface area contributed by atoms with E-state index in [0.717, 1.165) is 19.3 Å². The predicted octanol–water partition coefficient (Wildman–Crippen LogP) is 1.69. The van der Waals surface area contributed by atoms with Crippen molar-refractivity contribution in [3.05, 3.63) is 18.2 Å². The second kappa shape index (κ2) is 8.07. The topological polar surface area (TPSA) is 94.2 Å². The molecular formula is C18H22N2O6. The van der Waals surface area contributed by atoms with E-state index in [-0.39, 0.29) is 19.2 Å². The van der Waals surface area contributed by atoms with Gasteiger partial charge in [0.2, 0.25) is 12.7 Å². The summed E-state index contributed by atoms with van der Waals surface area (Å²) in [6, 6.07) is 5.01. The number of nitrogens with zero attached hydrogens (tertiary/aromatic N) is 1. The summed E-state index contributed by atoms with van der Waals surface area (Å²) in [7, 11) is 0. The maximum absolute atomic E-state index is 12.2. The normalized spacial score (nSPS) is 17.4. The van der Waals surface area contributed by atoms with Crippen molar-refractivity contribution in [3.8, 4) is 11.5 Å². The van der Waals surface area contributed by atoms with Crippen LogP contribution in [-0.4, -0.2) is 48.7 Å². The molecule has 140 valence electrons. The maximum atomic E-state index is 12.2. The molecule has 2 aliphatic rings. The Labute approximate surface area is 151 Å². The minimum absolute atomic E-state index is 0.0445. The minimum atomic E-state index is -0.977. The summed E-state index contributed by atoms with van der Waals surface area (Å²) < 4.78 is 15.6. The summed E-state index contributed by atoms with van der Waals surface area (Å²) in [6.45, 7) is 2.06. The van der Waals surface area contributed by atoms with Gasteiger partial charge in [-0.2, -0.15) is 0 Å². The van der Waals surface area contributed by atoms with E-state index in [4.69, 9.17) is 14.2 Å². The number of anilines is 1. The van der Waals surface area contributed by atoms with Gasteiger partial charge in [-0.15, -0.1) is 0 Å². The van der Waals surface area contributed by atoms with E-state index >= 15 is 0 Å². The van der Waals surface area contributed by atoms with Crippen molar-refractivity contribution < 1.29 is 28.6 Å². The SMILES string of the molecule is C[C@H](OC(=O)CN1CCCCCC1=O)C(=O)Nc1ccc2c(c1)OCO2. The van der Waals surface area contributed by atoms with Gasteiger partial charge in [0.25, 0.3) is 5.91 Å². The van der Waals surface area contributed by atoms with Crippen LogP contribution >= 0.6 is 0 Å². The number of benzene rings is 1. The largest absolute Gasteiger partial charge is 0.454 e. The molecule has 0 aromatic heterocycles. The second-order valence-electron chi connectivity index (χ2n) is 6.32. The van der Waals surface area contributed by atoms with Crippen molar-refractivity contribution in [2.75, 3.05) is 25.2 Å². The first kappa shape index (κ1) is 18.0. The summed E-state index contributed by atoms with van der Waals surface area (Å²) in [4.78, 5) is 37.7. The van der Waals surface area contributed by atoms with Gasteiger partial charge in [0.1, 0.15) is 6.54 Å². The molecule has 3 rings (SSSR count). The Kier molecular flexibility index (Phi) is 5.60. The van der Waals surface area contributed by atoms with Crippen molar-refractivity contribution in [1.29, 1.82) is 0 Å². The van der Waals surface area contributed by atoms with Gasteiger partial charge < -0.3 is 24.4 Å². The van der Waals surface area contributed by atoms with Crippen LogP contribution in [-0.2, 0) is 19.1 Å². The molecule has 2 heterocycles. The van der Waals surface area contributed by atoms with Gasteiger partial charge in [-0.1, -0.05) is 6.42 Å². The standard InChI is InChI=1S/C18H22N2O6/c1-12(26-17(22)10-20-8-4-2-3-5-16(20)21)18(23)19-13-6-7-14-15(9-13)25-11-24-14/h6-7,9,12H,2-5,8,10-11H2,1H3,(H,19,23)/t12-/m0/s1. The molecule has 0 aliphatic carbocycles. The van der Waals surface area contributed by atoms with Crippen molar-refractivity contribution in [2.24, 2.45) is 0 Å². The van der Waals surface area contributed by atoms with E-state index in [0.29, 0.717) is 30.2 Å². The minimum Gasteiger partial charge on any atom is -0.454 e. The third kappa shape index (κ3) is 4.44. The highest BCUT2D eigenvalue weighted by Gasteiger charge is 2.23. The zero-order valence-electron chi connectivity index (χ0n) is 14.7. The molecule has 0 radical (unpaired) electrons. The van der Waals surface area contributed by atoms with Crippen LogP contribution in [0.15, 0.2) is 18.2 Å². The highest BCUT2D eigenvalue weighted by atomic mass is 16.7. The molecule has 1 fully saturated rings. The molecule has 0 spiro atoms. The van der Waals surface area contributed by atoms with E-state index in [1.54, 1.807) is 18.2 Å². The molecule has 2 aliphatic heterocycles. The molecule has 1 aromatic carbocycles. The monoisotopic (exact) mass is 362 g/mol. The molecule has 0 saturated carbocycles. The molecular weight excluding hydrogens is 340 g/mol. The van der Waals surface area contributed by atoms with E-state index in [2.05, 4.69) is 5.32 Å². The van der Waals surface area contributed by atoms with Gasteiger partial charge >= 0.3 is 5.97 Å². The van der Waals surface area contributed by atoms with Gasteiger partial charge in [0.05, 0.1) is 0 Å². The molecule has 1 saturated heterocycles. The van der Waals surface area contributed by atoms with Crippen molar-refractivity contribution >= 4 is 23.5 Å². The van der Waals surface area contributed by atoms with Crippen LogP contribution in [0.4, 0.5) is 5.69 Å². The molecule has 26 heavy (non-hydrogen) atoms. The lowest BCUT2D eigenvalue weighted by atomic mass is 10.2. The van der Waals surface area contributed by atoms with Crippen LogP contribution in [0.2, 0.25) is 0 Å². The van der Waals surface area contributed by atoms with Crippen molar-refractivity contribution in [2.45, 2.75) is 38.7 Å². The summed E-state index contributed by atoms with van der Waals surface area (Å²) in [5, 5.41) is 2.67.